The van der Waals surface area contributed by atoms with E-state index in [9.17, 15) is 9.59 Å². The Labute approximate surface area is 189 Å². The van der Waals surface area contributed by atoms with Crippen molar-refractivity contribution in [1.82, 2.24) is 4.57 Å². The maximum absolute atomic E-state index is 13.4. The number of hydrogen-bond acceptors (Lipinski definition) is 6. The lowest BCUT2D eigenvalue weighted by molar-refractivity contribution is -0.139. The largest absolute Gasteiger partial charge is 0.463 e. The number of thiophene rings is 1. The Morgan fingerprint density at radius 2 is 1.93 bits per heavy atom. The van der Waals surface area contributed by atoms with Gasteiger partial charge < -0.3 is 4.74 Å². The molecule has 0 radical (unpaired) electrons. The molecule has 0 saturated heterocycles. The van der Waals surface area contributed by atoms with E-state index in [-0.39, 0.29) is 12.2 Å². The van der Waals surface area contributed by atoms with E-state index in [1.54, 1.807) is 29.8 Å². The fraction of sp³-hybridized carbons (Fsp3) is 0.227. The summed E-state index contributed by atoms with van der Waals surface area (Å²) >= 11 is 6.34. The molecule has 154 valence electrons. The van der Waals surface area contributed by atoms with Gasteiger partial charge in [-0.25, -0.2) is 9.79 Å². The average molecular weight is 503 g/mol. The SMILES string of the molecule is CCOC(=O)C1=C(C)N=c2s/c(=C/c3ccc(Br)s3)c(=O)n2[C@H]1c1ccc(C)cc1. The molecule has 0 saturated carbocycles. The van der Waals surface area contributed by atoms with Crippen LogP contribution in [0.2, 0.25) is 0 Å². The summed E-state index contributed by atoms with van der Waals surface area (Å²) in [5.74, 6) is -0.444. The highest BCUT2D eigenvalue weighted by molar-refractivity contribution is 9.11. The number of aromatic nitrogens is 1. The third-order valence-electron chi connectivity index (χ3n) is 4.78. The molecular weight excluding hydrogens is 484 g/mol. The molecule has 0 aliphatic carbocycles. The molecule has 8 heteroatoms. The van der Waals surface area contributed by atoms with Gasteiger partial charge in [-0.1, -0.05) is 41.2 Å². The summed E-state index contributed by atoms with van der Waals surface area (Å²) in [7, 11) is 0. The first-order valence-corrected chi connectivity index (χ1v) is 11.8. The number of hydrogen-bond donors (Lipinski definition) is 0. The Morgan fingerprint density at radius 3 is 2.57 bits per heavy atom. The molecule has 2 aromatic heterocycles. The number of carbonyl (C=O) groups excluding carboxylic acids is 1. The van der Waals surface area contributed by atoms with Crippen LogP contribution in [0.15, 0.2) is 61.2 Å². The predicted molar refractivity (Wildman–Crippen MR) is 124 cm³/mol. The van der Waals surface area contributed by atoms with E-state index in [2.05, 4.69) is 20.9 Å². The normalized spacial score (nSPS) is 16.4. The Bertz CT molecular complexity index is 1330. The second kappa shape index (κ2) is 8.45. The zero-order chi connectivity index (χ0) is 21.4. The summed E-state index contributed by atoms with van der Waals surface area (Å²) in [5, 5.41) is 0. The number of thiazole rings is 1. The van der Waals surface area contributed by atoms with E-state index in [0.717, 1.165) is 19.8 Å². The molecule has 1 atom stereocenters. The second-order valence-corrected chi connectivity index (χ2v) is 10.4. The van der Waals surface area contributed by atoms with Gasteiger partial charge in [-0.05, 0) is 60.5 Å². The van der Waals surface area contributed by atoms with Crippen LogP contribution in [-0.2, 0) is 9.53 Å². The number of fused-ring (bicyclic) bond motifs is 1. The maximum Gasteiger partial charge on any atom is 0.338 e. The molecule has 3 heterocycles. The Kier molecular flexibility index (Phi) is 5.90. The minimum absolute atomic E-state index is 0.164. The third kappa shape index (κ3) is 3.87. The van der Waals surface area contributed by atoms with Gasteiger partial charge in [0, 0.05) is 4.88 Å². The van der Waals surface area contributed by atoms with Crippen molar-refractivity contribution < 1.29 is 9.53 Å². The van der Waals surface area contributed by atoms with Crippen LogP contribution < -0.4 is 14.9 Å². The van der Waals surface area contributed by atoms with Gasteiger partial charge in [-0.3, -0.25) is 9.36 Å². The van der Waals surface area contributed by atoms with Crippen molar-refractivity contribution in [3.05, 3.63) is 87.1 Å². The van der Waals surface area contributed by atoms with Crippen molar-refractivity contribution >= 4 is 50.6 Å². The second-order valence-electron chi connectivity index (χ2n) is 6.85. The number of aryl methyl sites for hydroxylation is 1. The molecule has 1 aromatic carbocycles. The Morgan fingerprint density at radius 1 is 1.20 bits per heavy atom. The minimum atomic E-state index is -0.571. The third-order valence-corrected chi connectivity index (χ3v) is 7.33. The molecule has 0 amide bonds. The van der Waals surface area contributed by atoms with Gasteiger partial charge in [0.15, 0.2) is 4.80 Å². The van der Waals surface area contributed by atoms with Crippen molar-refractivity contribution in [2.45, 2.75) is 26.8 Å². The van der Waals surface area contributed by atoms with Gasteiger partial charge in [0.25, 0.3) is 5.56 Å². The van der Waals surface area contributed by atoms with E-state index >= 15 is 0 Å². The number of benzene rings is 1. The van der Waals surface area contributed by atoms with Crippen molar-refractivity contribution in [2.24, 2.45) is 4.99 Å². The number of rotatable bonds is 4. The summed E-state index contributed by atoms with van der Waals surface area (Å²) < 4.78 is 8.50. The number of carbonyl (C=O) groups is 1. The lowest BCUT2D eigenvalue weighted by Gasteiger charge is -2.24. The van der Waals surface area contributed by atoms with Crippen LogP contribution in [0.25, 0.3) is 6.08 Å². The van der Waals surface area contributed by atoms with Gasteiger partial charge in [0.2, 0.25) is 0 Å². The molecular formula is C22H19BrN2O3S2. The first-order valence-electron chi connectivity index (χ1n) is 9.40. The first-order chi connectivity index (χ1) is 14.4. The standard InChI is InChI=1S/C22H19BrN2O3S2/c1-4-28-21(27)18-13(3)24-22-25(19(18)14-7-5-12(2)6-8-14)20(26)16(30-22)11-15-9-10-17(23)29-15/h5-11,19H,4H2,1-3H3/b16-11+/t19-/m0/s1. The summed E-state index contributed by atoms with van der Waals surface area (Å²) in [6.07, 6.45) is 1.87. The van der Waals surface area contributed by atoms with Crippen LogP contribution in [-0.4, -0.2) is 17.1 Å². The molecule has 0 bridgehead atoms. The fourth-order valence-electron chi connectivity index (χ4n) is 3.39. The van der Waals surface area contributed by atoms with Crippen LogP contribution in [0.4, 0.5) is 0 Å². The summed E-state index contributed by atoms with van der Waals surface area (Å²) in [6, 6.07) is 11.2. The highest BCUT2D eigenvalue weighted by Gasteiger charge is 2.33. The lowest BCUT2D eigenvalue weighted by Crippen LogP contribution is -2.39. The van der Waals surface area contributed by atoms with Crippen LogP contribution in [0.5, 0.6) is 0 Å². The molecule has 30 heavy (non-hydrogen) atoms. The molecule has 5 nitrogen and oxygen atoms in total. The van der Waals surface area contributed by atoms with Gasteiger partial charge >= 0.3 is 5.97 Å². The molecule has 1 aliphatic heterocycles. The van der Waals surface area contributed by atoms with E-state index in [1.165, 1.54) is 11.3 Å². The number of nitrogens with zero attached hydrogens (tertiary/aromatic N) is 2. The Balaban J connectivity index is 1.96. The summed E-state index contributed by atoms with van der Waals surface area (Å²) in [5.41, 5.74) is 2.77. The van der Waals surface area contributed by atoms with Gasteiger partial charge in [0.05, 0.1) is 32.2 Å². The molecule has 0 N–H and O–H groups in total. The lowest BCUT2D eigenvalue weighted by atomic mass is 9.95. The van der Waals surface area contributed by atoms with Crippen molar-refractivity contribution in [3.8, 4) is 0 Å². The van der Waals surface area contributed by atoms with E-state index < -0.39 is 12.0 Å². The van der Waals surface area contributed by atoms with Gasteiger partial charge in [-0.2, -0.15) is 0 Å². The molecule has 0 unspecified atom stereocenters. The molecule has 3 aromatic rings. The van der Waals surface area contributed by atoms with Crippen LogP contribution in [0, 0.1) is 6.92 Å². The molecule has 0 fully saturated rings. The quantitative estimate of drug-likeness (QED) is 0.507. The minimum Gasteiger partial charge on any atom is -0.463 e. The Hall–Kier alpha value is -2.29. The molecule has 0 spiro atoms. The van der Waals surface area contributed by atoms with Crippen LogP contribution >= 0.6 is 38.6 Å². The van der Waals surface area contributed by atoms with Gasteiger partial charge in [0.1, 0.15) is 0 Å². The number of esters is 1. The van der Waals surface area contributed by atoms with E-state index in [1.807, 2.05) is 49.4 Å². The summed E-state index contributed by atoms with van der Waals surface area (Å²) in [4.78, 5) is 32.4. The van der Waals surface area contributed by atoms with E-state index in [0.29, 0.717) is 20.6 Å². The molecule has 4 rings (SSSR count). The monoisotopic (exact) mass is 502 g/mol. The van der Waals surface area contributed by atoms with Crippen LogP contribution in [0.3, 0.4) is 0 Å². The van der Waals surface area contributed by atoms with Crippen molar-refractivity contribution in [3.63, 3.8) is 0 Å². The average Bonchev–Trinajstić information content (AvgIpc) is 3.24. The predicted octanol–water partition coefficient (Wildman–Crippen LogP) is 3.93. The first kappa shape index (κ1) is 21.0. The smallest absolute Gasteiger partial charge is 0.338 e. The number of ether oxygens (including phenoxy) is 1. The summed E-state index contributed by atoms with van der Waals surface area (Å²) in [6.45, 7) is 5.82. The highest BCUT2D eigenvalue weighted by atomic mass is 79.9. The highest BCUT2D eigenvalue weighted by Crippen LogP contribution is 2.31. The topological polar surface area (TPSA) is 60.7 Å². The maximum atomic E-state index is 13.4. The van der Waals surface area contributed by atoms with Gasteiger partial charge in [-0.15, -0.1) is 11.3 Å². The van der Waals surface area contributed by atoms with Crippen LogP contribution in [0.1, 0.15) is 35.9 Å². The fourth-order valence-corrected chi connectivity index (χ4v) is 5.87. The molecule has 1 aliphatic rings. The van der Waals surface area contributed by atoms with E-state index in [4.69, 9.17) is 4.74 Å². The zero-order valence-electron chi connectivity index (χ0n) is 16.6. The number of allylic oxidation sites excluding steroid dienone is 1. The number of halogens is 1. The zero-order valence-corrected chi connectivity index (χ0v) is 19.9. The van der Waals surface area contributed by atoms with Crippen molar-refractivity contribution in [1.29, 1.82) is 0 Å². The van der Waals surface area contributed by atoms with Crippen molar-refractivity contribution in [2.75, 3.05) is 6.61 Å².